The maximum absolute atomic E-state index is 11.3. The molecule has 0 amide bonds. The molecule has 2 aromatic heterocycles. The lowest BCUT2D eigenvalue weighted by atomic mass is 9.90. The Kier molecular flexibility index (Phi) is 6.39. The topological polar surface area (TPSA) is 89.4 Å². The van der Waals surface area contributed by atoms with Gasteiger partial charge in [-0.15, -0.1) is 0 Å². The van der Waals surface area contributed by atoms with Crippen LogP contribution in [-0.4, -0.2) is 21.4 Å². The van der Waals surface area contributed by atoms with Gasteiger partial charge in [-0.3, -0.25) is 4.79 Å². The molecule has 6 nitrogen and oxygen atoms in total. The predicted molar refractivity (Wildman–Crippen MR) is 149 cm³/mol. The minimum Gasteiger partial charge on any atom is -0.481 e. The molecule has 0 bridgehead atoms. The average Bonchev–Trinajstić information content (AvgIpc) is 3.38. The van der Waals surface area contributed by atoms with Crippen molar-refractivity contribution in [3.8, 4) is 33.7 Å². The molecule has 2 heterocycles. The second-order valence-electron chi connectivity index (χ2n) is 10.7. The van der Waals surface area contributed by atoms with E-state index in [9.17, 15) is 9.90 Å². The zero-order chi connectivity index (χ0) is 27.0. The third-order valence-corrected chi connectivity index (χ3v) is 7.90. The standard InChI is InChI=1S/C33H30N2O4/c1-21(30-19-29(35-38-30)25-6-4-3-5-7-25)18-28-22(2)34-39-32(28)26-10-8-23(9-11-26)24-12-14-27(15-13-24)33(16-17-33)20-31(36)37/h3-15,19,21H,16-18,20H2,1-2H3,(H,36,37). The van der Waals surface area contributed by atoms with Crippen molar-refractivity contribution < 1.29 is 18.9 Å². The molecule has 39 heavy (non-hydrogen) atoms. The van der Waals surface area contributed by atoms with E-state index in [0.29, 0.717) is 0 Å². The Labute approximate surface area is 227 Å². The molecule has 1 N–H and O–H groups in total. The van der Waals surface area contributed by atoms with Crippen molar-refractivity contribution in [3.05, 3.63) is 108 Å². The monoisotopic (exact) mass is 518 g/mol. The lowest BCUT2D eigenvalue weighted by Crippen LogP contribution is -2.12. The Balaban J connectivity index is 1.18. The molecular weight excluding hydrogens is 488 g/mol. The SMILES string of the molecule is Cc1noc(-c2ccc(-c3ccc(C4(CC(=O)O)CC4)cc3)cc2)c1CC(C)c1cc(-c2ccccc2)no1. The summed E-state index contributed by atoms with van der Waals surface area (Å²) < 4.78 is 11.5. The molecule has 3 aromatic carbocycles. The Hall–Kier alpha value is -4.45. The van der Waals surface area contributed by atoms with Crippen LogP contribution in [0.15, 0.2) is 94.0 Å². The van der Waals surface area contributed by atoms with Gasteiger partial charge in [0.05, 0.1) is 12.1 Å². The molecule has 6 heteroatoms. The first kappa shape index (κ1) is 24.9. The molecule has 6 rings (SSSR count). The van der Waals surface area contributed by atoms with Gasteiger partial charge in [-0.05, 0) is 42.9 Å². The fourth-order valence-corrected chi connectivity index (χ4v) is 5.37. The first-order chi connectivity index (χ1) is 18.9. The third-order valence-electron chi connectivity index (χ3n) is 7.90. The Morgan fingerprint density at radius 3 is 2.15 bits per heavy atom. The summed E-state index contributed by atoms with van der Waals surface area (Å²) in [5, 5.41) is 17.8. The normalized spacial score (nSPS) is 14.7. The number of aryl methyl sites for hydroxylation is 1. The summed E-state index contributed by atoms with van der Waals surface area (Å²) in [4.78, 5) is 11.3. The zero-order valence-electron chi connectivity index (χ0n) is 22.1. The zero-order valence-corrected chi connectivity index (χ0v) is 22.1. The fraction of sp³-hybridized carbons (Fsp3) is 0.242. The summed E-state index contributed by atoms with van der Waals surface area (Å²) in [7, 11) is 0. The van der Waals surface area contributed by atoms with E-state index in [4.69, 9.17) is 9.05 Å². The van der Waals surface area contributed by atoms with Crippen molar-refractivity contribution in [2.45, 2.75) is 50.9 Å². The fourth-order valence-electron chi connectivity index (χ4n) is 5.37. The quantitative estimate of drug-likeness (QED) is 0.214. The number of carbonyl (C=O) groups is 1. The highest BCUT2D eigenvalue weighted by atomic mass is 16.5. The maximum atomic E-state index is 11.3. The summed E-state index contributed by atoms with van der Waals surface area (Å²) in [5.74, 6) is 0.964. The Morgan fingerprint density at radius 2 is 1.51 bits per heavy atom. The molecule has 0 radical (unpaired) electrons. The molecule has 5 aromatic rings. The highest BCUT2D eigenvalue weighted by Gasteiger charge is 2.45. The van der Waals surface area contributed by atoms with Gasteiger partial charge in [-0.25, -0.2) is 0 Å². The lowest BCUT2D eigenvalue weighted by molar-refractivity contribution is -0.137. The number of hydrogen-bond donors (Lipinski definition) is 1. The highest BCUT2D eigenvalue weighted by Crippen LogP contribution is 2.51. The number of aromatic nitrogens is 2. The molecule has 1 aliphatic rings. The average molecular weight is 519 g/mol. The van der Waals surface area contributed by atoms with Crippen LogP contribution in [0.25, 0.3) is 33.7 Å². The van der Waals surface area contributed by atoms with Crippen LogP contribution < -0.4 is 0 Å². The van der Waals surface area contributed by atoms with E-state index in [-0.39, 0.29) is 17.8 Å². The second kappa shape index (κ2) is 10.0. The number of hydrogen-bond acceptors (Lipinski definition) is 5. The number of aliphatic carboxylic acids is 1. The van der Waals surface area contributed by atoms with Crippen LogP contribution in [0.1, 0.15) is 54.7 Å². The van der Waals surface area contributed by atoms with Gasteiger partial charge < -0.3 is 14.2 Å². The Morgan fingerprint density at radius 1 is 0.872 bits per heavy atom. The van der Waals surface area contributed by atoms with Gasteiger partial charge in [-0.1, -0.05) is 96.1 Å². The van der Waals surface area contributed by atoms with Crippen molar-refractivity contribution in [2.24, 2.45) is 0 Å². The van der Waals surface area contributed by atoms with Gasteiger partial charge in [0.1, 0.15) is 11.5 Å². The van der Waals surface area contributed by atoms with E-state index >= 15 is 0 Å². The molecule has 1 fully saturated rings. The van der Waals surface area contributed by atoms with Crippen molar-refractivity contribution in [2.75, 3.05) is 0 Å². The van der Waals surface area contributed by atoms with Crippen molar-refractivity contribution in [1.29, 1.82) is 0 Å². The summed E-state index contributed by atoms with van der Waals surface area (Å²) in [6, 6.07) is 28.6. The summed E-state index contributed by atoms with van der Waals surface area (Å²) in [6.45, 7) is 4.10. The summed E-state index contributed by atoms with van der Waals surface area (Å²) in [6.07, 6.45) is 2.80. The second-order valence-corrected chi connectivity index (χ2v) is 10.7. The van der Waals surface area contributed by atoms with E-state index in [0.717, 1.165) is 75.6 Å². The maximum Gasteiger partial charge on any atom is 0.304 e. The van der Waals surface area contributed by atoms with Crippen LogP contribution in [0.5, 0.6) is 0 Å². The molecule has 1 atom stereocenters. The Bertz CT molecular complexity index is 1590. The summed E-state index contributed by atoms with van der Waals surface area (Å²) in [5.41, 5.74) is 7.89. The van der Waals surface area contributed by atoms with Crippen molar-refractivity contribution in [1.82, 2.24) is 10.3 Å². The number of nitrogens with zero attached hydrogens (tertiary/aromatic N) is 2. The van der Waals surface area contributed by atoms with Crippen LogP contribution in [-0.2, 0) is 16.6 Å². The van der Waals surface area contributed by atoms with Gasteiger partial charge in [0, 0.05) is 34.1 Å². The van der Waals surface area contributed by atoms with E-state index in [1.54, 1.807) is 0 Å². The van der Waals surface area contributed by atoms with E-state index < -0.39 is 5.97 Å². The molecule has 0 spiro atoms. The van der Waals surface area contributed by atoms with Crippen molar-refractivity contribution in [3.63, 3.8) is 0 Å². The number of benzene rings is 3. The largest absolute Gasteiger partial charge is 0.481 e. The summed E-state index contributed by atoms with van der Waals surface area (Å²) >= 11 is 0. The predicted octanol–water partition coefficient (Wildman–Crippen LogP) is 7.82. The molecule has 1 saturated carbocycles. The van der Waals surface area contributed by atoms with Crippen LogP contribution in [0.3, 0.4) is 0 Å². The first-order valence-corrected chi connectivity index (χ1v) is 13.3. The van der Waals surface area contributed by atoms with E-state index in [1.807, 2.05) is 43.3 Å². The molecule has 0 aliphatic heterocycles. The molecule has 0 saturated heterocycles. The van der Waals surface area contributed by atoms with Crippen LogP contribution >= 0.6 is 0 Å². The molecule has 1 unspecified atom stereocenters. The van der Waals surface area contributed by atoms with Gasteiger partial charge in [-0.2, -0.15) is 0 Å². The number of rotatable bonds is 9. The van der Waals surface area contributed by atoms with Crippen LogP contribution in [0, 0.1) is 6.92 Å². The van der Waals surface area contributed by atoms with Gasteiger partial charge in [0.15, 0.2) is 5.76 Å². The molecule has 196 valence electrons. The molecular formula is C33H30N2O4. The minimum absolute atomic E-state index is 0.0977. The van der Waals surface area contributed by atoms with Crippen LogP contribution in [0.4, 0.5) is 0 Å². The van der Waals surface area contributed by atoms with E-state index in [2.05, 4.69) is 65.8 Å². The van der Waals surface area contributed by atoms with Crippen molar-refractivity contribution >= 4 is 5.97 Å². The van der Waals surface area contributed by atoms with Crippen LogP contribution in [0.2, 0.25) is 0 Å². The first-order valence-electron chi connectivity index (χ1n) is 13.3. The lowest BCUT2D eigenvalue weighted by Gasteiger charge is -2.14. The van der Waals surface area contributed by atoms with E-state index in [1.165, 1.54) is 0 Å². The third kappa shape index (κ3) is 5.02. The van der Waals surface area contributed by atoms with Gasteiger partial charge >= 0.3 is 5.97 Å². The van der Waals surface area contributed by atoms with Gasteiger partial charge in [0.25, 0.3) is 0 Å². The number of carboxylic acid groups (broad SMARTS) is 1. The smallest absolute Gasteiger partial charge is 0.304 e. The van der Waals surface area contributed by atoms with Gasteiger partial charge in [0.2, 0.25) is 0 Å². The molecule has 1 aliphatic carbocycles. The number of carboxylic acids is 1. The minimum atomic E-state index is -0.735. The highest BCUT2D eigenvalue weighted by molar-refractivity contribution is 5.72.